The Morgan fingerprint density at radius 2 is 2.13 bits per heavy atom. The number of thioether (sulfide) groups is 1. The second kappa shape index (κ2) is 6.68. The van der Waals surface area contributed by atoms with Gasteiger partial charge >= 0.3 is 6.18 Å². The van der Waals surface area contributed by atoms with Crippen molar-refractivity contribution in [3.8, 4) is 0 Å². The summed E-state index contributed by atoms with van der Waals surface area (Å²) in [5, 5.41) is 0.304. The smallest absolute Gasteiger partial charge is 0.341 e. The Kier molecular flexibility index (Phi) is 5.24. The number of alkyl halides is 3. The maximum atomic E-state index is 12.4. The van der Waals surface area contributed by atoms with Gasteiger partial charge in [-0.1, -0.05) is 11.8 Å². The fourth-order valence-corrected chi connectivity index (χ4v) is 4.70. The average molecular weight is 368 g/mol. The minimum atomic E-state index is -4.44. The molecule has 1 amide bonds. The Bertz CT molecular complexity index is 675. The topological polar surface area (TPSA) is 67.3 Å². The van der Waals surface area contributed by atoms with Crippen LogP contribution in [0.1, 0.15) is 12.0 Å². The molecule has 0 spiro atoms. The summed E-state index contributed by atoms with van der Waals surface area (Å²) in [6.07, 6.45) is -3.31. The summed E-state index contributed by atoms with van der Waals surface area (Å²) in [6.45, 7) is 0. The third-order valence-electron chi connectivity index (χ3n) is 3.56. The van der Waals surface area contributed by atoms with Crippen LogP contribution in [-0.4, -0.2) is 54.6 Å². The Hall–Kier alpha value is -1.29. The quantitative estimate of drug-likeness (QED) is 0.759. The van der Waals surface area contributed by atoms with E-state index < -0.39 is 21.6 Å². The Labute approximate surface area is 136 Å². The molecule has 1 unspecified atom stereocenters. The molecule has 10 heteroatoms. The molecule has 2 heterocycles. The summed E-state index contributed by atoms with van der Waals surface area (Å²) >= 11 is 1.02. The van der Waals surface area contributed by atoms with Crippen molar-refractivity contribution in [2.45, 2.75) is 23.7 Å². The lowest BCUT2D eigenvalue weighted by molar-refractivity contribution is -0.138. The molecule has 128 valence electrons. The van der Waals surface area contributed by atoms with E-state index in [1.54, 1.807) is 0 Å². The number of amides is 1. The molecule has 1 aromatic heterocycles. The highest BCUT2D eigenvalue weighted by Crippen LogP contribution is 2.29. The lowest BCUT2D eigenvalue weighted by Gasteiger charge is -2.23. The molecule has 2 rings (SSSR count). The molecular formula is C13H15F3N2O3S2. The molecule has 1 aliphatic rings. The van der Waals surface area contributed by atoms with Crippen LogP contribution in [0.5, 0.6) is 0 Å². The molecule has 1 fully saturated rings. The average Bonchev–Trinajstić information content (AvgIpc) is 2.83. The van der Waals surface area contributed by atoms with Gasteiger partial charge in [0.1, 0.15) is 0 Å². The maximum absolute atomic E-state index is 12.4. The van der Waals surface area contributed by atoms with Gasteiger partial charge in [-0.05, 0) is 18.6 Å². The first-order chi connectivity index (χ1) is 10.6. The zero-order valence-electron chi connectivity index (χ0n) is 12.2. The van der Waals surface area contributed by atoms with Gasteiger partial charge in [-0.25, -0.2) is 13.4 Å². The van der Waals surface area contributed by atoms with Crippen LogP contribution in [0, 0.1) is 0 Å². The van der Waals surface area contributed by atoms with Crippen molar-refractivity contribution in [2.75, 3.05) is 24.3 Å². The van der Waals surface area contributed by atoms with Crippen LogP contribution in [0.25, 0.3) is 0 Å². The number of rotatable bonds is 4. The molecule has 1 saturated heterocycles. The highest BCUT2D eigenvalue weighted by molar-refractivity contribution is 7.99. The molecule has 0 saturated carbocycles. The standard InChI is InChI=1S/C13H15F3N2O3S2/c1-18(10-4-5-23(20,21)8-10)12(19)7-22-11-3-2-9(6-17-11)13(14,15)16/h2-3,6,10H,4-5,7-8H2,1H3. The number of sulfone groups is 1. The van der Waals surface area contributed by atoms with Gasteiger partial charge < -0.3 is 4.90 Å². The highest BCUT2D eigenvalue weighted by Gasteiger charge is 2.33. The predicted molar refractivity (Wildman–Crippen MR) is 79.8 cm³/mol. The van der Waals surface area contributed by atoms with E-state index in [-0.39, 0.29) is 29.2 Å². The minimum absolute atomic E-state index is 0.00852. The molecular weight excluding hydrogens is 353 g/mol. The van der Waals surface area contributed by atoms with E-state index in [0.717, 1.165) is 24.0 Å². The van der Waals surface area contributed by atoms with Gasteiger partial charge in [-0.15, -0.1) is 0 Å². The van der Waals surface area contributed by atoms with Crippen molar-refractivity contribution in [3.63, 3.8) is 0 Å². The van der Waals surface area contributed by atoms with Crippen molar-refractivity contribution in [3.05, 3.63) is 23.9 Å². The third-order valence-corrected chi connectivity index (χ3v) is 6.24. The molecule has 23 heavy (non-hydrogen) atoms. The SMILES string of the molecule is CN(C(=O)CSc1ccc(C(F)(F)F)cn1)C1CCS(=O)(=O)C1. The largest absolute Gasteiger partial charge is 0.417 e. The number of carbonyl (C=O) groups excluding carboxylic acids is 1. The zero-order valence-corrected chi connectivity index (χ0v) is 13.8. The Balaban J connectivity index is 1.89. The van der Waals surface area contributed by atoms with Gasteiger partial charge in [-0.2, -0.15) is 13.2 Å². The first-order valence-corrected chi connectivity index (χ1v) is 9.51. The first kappa shape index (κ1) is 18.1. The fourth-order valence-electron chi connectivity index (χ4n) is 2.16. The van der Waals surface area contributed by atoms with E-state index in [0.29, 0.717) is 11.4 Å². The fraction of sp³-hybridized carbons (Fsp3) is 0.538. The molecule has 1 aliphatic heterocycles. The van der Waals surface area contributed by atoms with Crippen LogP contribution in [0.15, 0.2) is 23.4 Å². The van der Waals surface area contributed by atoms with Crippen molar-refractivity contribution in [1.29, 1.82) is 0 Å². The monoisotopic (exact) mass is 368 g/mol. The number of aromatic nitrogens is 1. The molecule has 5 nitrogen and oxygen atoms in total. The highest BCUT2D eigenvalue weighted by atomic mass is 32.2. The Morgan fingerprint density at radius 1 is 1.43 bits per heavy atom. The van der Waals surface area contributed by atoms with E-state index in [1.807, 2.05) is 0 Å². The molecule has 0 N–H and O–H groups in total. The van der Waals surface area contributed by atoms with Gasteiger partial charge in [-0.3, -0.25) is 4.79 Å². The van der Waals surface area contributed by atoms with Gasteiger partial charge in [0.2, 0.25) is 5.91 Å². The molecule has 1 aromatic rings. The Morgan fingerprint density at radius 3 is 2.61 bits per heavy atom. The van der Waals surface area contributed by atoms with Crippen molar-refractivity contribution < 1.29 is 26.4 Å². The third kappa shape index (κ3) is 4.84. The van der Waals surface area contributed by atoms with Crippen LogP contribution >= 0.6 is 11.8 Å². The van der Waals surface area contributed by atoms with Crippen LogP contribution in [-0.2, 0) is 20.8 Å². The van der Waals surface area contributed by atoms with Crippen LogP contribution < -0.4 is 0 Å². The summed E-state index contributed by atoms with van der Waals surface area (Å²) in [6, 6.07) is 1.78. The molecule has 1 atom stereocenters. The second-order valence-electron chi connectivity index (χ2n) is 5.23. The van der Waals surface area contributed by atoms with Gasteiger partial charge in [0.25, 0.3) is 0 Å². The van der Waals surface area contributed by atoms with Crippen LogP contribution in [0.4, 0.5) is 13.2 Å². The summed E-state index contributed by atoms with van der Waals surface area (Å²) in [5.41, 5.74) is -0.846. The van der Waals surface area contributed by atoms with Crippen LogP contribution in [0.2, 0.25) is 0 Å². The van der Waals surface area contributed by atoms with Crippen molar-refractivity contribution in [1.82, 2.24) is 9.88 Å². The number of hydrogen-bond donors (Lipinski definition) is 0. The molecule has 0 aromatic carbocycles. The van der Waals surface area contributed by atoms with Gasteiger partial charge in [0.15, 0.2) is 9.84 Å². The van der Waals surface area contributed by atoms with E-state index >= 15 is 0 Å². The summed E-state index contributed by atoms with van der Waals surface area (Å²) in [7, 11) is -1.54. The van der Waals surface area contributed by atoms with Gasteiger partial charge in [0.05, 0.1) is 27.8 Å². The number of halogens is 3. The summed E-state index contributed by atoms with van der Waals surface area (Å²) < 4.78 is 60.1. The molecule has 0 aliphatic carbocycles. The normalized spacial score (nSPS) is 20.4. The van der Waals surface area contributed by atoms with Crippen LogP contribution in [0.3, 0.4) is 0 Å². The number of nitrogens with zero attached hydrogens (tertiary/aromatic N) is 2. The predicted octanol–water partition coefficient (Wildman–Crippen LogP) is 1.84. The second-order valence-corrected chi connectivity index (χ2v) is 8.46. The van der Waals surface area contributed by atoms with Crippen molar-refractivity contribution in [2.24, 2.45) is 0 Å². The van der Waals surface area contributed by atoms with E-state index in [2.05, 4.69) is 4.98 Å². The molecule has 0 radical (unpaired) electrons. The number of carbonyl (C=O) groups is 1. The lowest BCUT2D eigenvalue weighted by Crippen LogP contribution is -2.38. The van der Waals surface area contributed by atoms with E-state index in [1.165, 1.54) is 18.0 Å². The lowest BCUT2D eigenvalue weighted by atomic mass is 10.2. The first-order valence-electron chi connectivity index (χ1n) is 6.70. The summed E-state index contributed by atoms with van der Waals surface area (Å²) in [4.78, 5) is 17.1. The van der Waals surface area contributed by atoms with E-state index in [9.17, 15) is 26.4 Å². The zero-order chi connectivity index (χ0) is 17.3. The number of hydrogen-bond acceptors (Lipinski definition) is 5. The minimum Gasteiger partial charge on any atom is -0.341 e. The summed E-state index contributed by atoms with van der Waals surface area (Å²) in [5.74, 6) is -0.258. The van der Waals surface area contributed by atoms with Crippen molar-refractivity contribution >= 4 is 27.5 Å². The van der Waals surface area contributed by atoms with Gasteiger partial charge in [0, 0.05) is 19.3 Å². The number of pyridine rings is 1. The molecule has 0 bridgehead atoms. The van der Waals surface area contributed by atoms with E-state index in [4.69, 9.17) is 0 Å². The maximum Gasteiger partial charge on any atom is 0.417 e.